The quantitative estimate of drug-likeness (QED) is 0.890. The summed E-state index contributed by atoms with van der Waals surface area (Å²) in [7, 11) is -3.42. The van der Waals surface area contributed by atoms with Gasteiger partial charge in [-0.2, -0.15) is 0 Å². The second-order valence-electron chi connectivity index (χ2n) is 6.27. The standard InChI is InChI=1S/C15H24N2O2S.ClH/c1-12-6-4-7-13(10-12)20(18,19)17-11-14-15(2,3)8-5-9-16-14;/h4,6-7,10,14,16-17H,5,8-9,11H2,1-3H3;1H. The molecule has 21 heavy (non-hydrogen) atoms. The minimum atomic E-state index is -3.42. The van der Waals surface area contributed by atoms with Crippen LogP contribution in [-0.2, 0) is 10.0 Å². The second kappa shape index (κ2) is 7.09. The van der Waals surface area contributed by atoms with Gasteiger partial charge in [0, 0.05) is 12.6 Å². The fraction of sp³-hybridized carbons (Fsp3) is 0.600. The highest BCUT2D eigenvalue weighted by Crippen LogP contribution is 2.29. The summed E-state index contributed by atoms with van der Waals surface area (Å²) in [6.45, 7) is 7.66. The number of hydrogen-bond acceptors (Lipinski definition) is 3. The van der Waals surface area contributed by atoms with Crippen molar-refractivity contribution in [3.8, 4) is 0 Å². The summed E-state index contributed by atoms with van der Waals surface area (Å²) in [5.41, 5.74) is 1.07. The number of hydrogen-bond donors (Lipinski definition) is 2. The zero-order chi connectivity index (χ0) is 14.8. The average Bonchev–Trinajstić information content (AvgIpc) is 2.37. The molecule has 0 spiro atoms. The monoisotopic (exact) mass is 332 g/mol. The fourth-order valence-corrected chi connectivity index (χ4v) is 3.83. The van der Waals surface area contributed by atoms with Crippen LogP contribution in [0, 0.1) is 12.3 Å². The molecule has 0 radical (unpaired) electrons. The molecule has 120 valence electrons. The van der Waals surface area contributed by atoms with Crippen molar-refractivity contribution in [3.05, 3.63) is 29.8 Å². The molecule has 1 aromatic carbocycles. The van der Waals surface area contributed by atoms with Gasteiger partial charge in [-0.15, -0.1) is 12.4 Å². The molecular weight excluding hydrogens is 308 g/mol. The Morgan fingerprint density at radius 1 is 1.38 bits per heavy atom. The minimum absolute atomic E-state index is 0. The molecule has 2 N–H and O–H groups in total. The van der Waals surface area contributed by atoms with Gasteiger partial charge in [0.1, 0.15) is 0 Å². The molecule has 0 aromatic heterocycles. The van der Waals surface area contributed by atoms with Crippen LogP contribution in [0.5, 0.6) is 0 Å². The molecule has 2 rings (SSSR count). The molecule has 6 heteroatoms. The molecule has 0 amide bonds. The van der Waals surface area contributed by atoms with Crippen molar-refractivity contribution in [2.45, 2.75) is 44.6 Å². The third-order valence-electron chi connectivity index (χ3n) is 4.11. The third kappa shape index (κ3) is 4.68. The molecule has 1 fully saturated rings. The van der Waals surface area contributed by atoms with Gasteiger partial charge in [-0.05, 0) is 49.4 Å². The molecule has 0 bridgehead atoms. The van der Waals surface area contributed by atoms with E-state index in [1.165, 1.54) is 0 Å². The Labute approximate surface area is 134 Å². The molecule has 0 saturated carbocycles. The molecule has 1 aliphatic rings. The summed E-state index contributed by atoms with van der Waals surface area (Å²) in [4.78, 5) is 0.339. The Bertz CT molecular complexity index is 573. The van der Waals surface area contributed by atoms with Gasteiger partial charge in [-0.1, -0.05) is 26.0 Å². The van der Waals surface area contributed by atoms with Crippen molar-refractivity contribution < 1.29 is 8.42 Å². The van der Waals surface area contributed by atoms with E-state index >= 15 is 0 Å². The van der Waals surface area contributed by atoms with E-state index in [4.69, 9.17) is 0 Å². The van der Waals surface area contributed by atoms with Gasteiger partial charge >= 0.3 is 0 Å². The van der Waals surface area contributed by atoms with E-state index in [1.54, 1.807) is 18.2 Å². The lowest BCUT2D eigenvalue weighted by Gasteiger charge is -2.39. The number of nitrogens with one attached hydrogen (secondary N) is 2. The van der Waals surface area contributed by atoms with E-state index in [0.29, 0.717) is 11.4 Å². The van der Waals surface area contributed by atoms with Gasteiger partial charge in [0.15, 0.2) is 0 Å². The third-order valence-corrected chi connectivity index (χ3v) is 5.53. The predicted octanol–water partition coefficient (Wildman–Crippen LogP) is 2.47. The minimum Gasteiger partial charge on any atom is -0.312 e. The van der Waals surface area contributed by atoms with Gasteiger partial charge in [0.25, 0.3) is 0 Å². The van der Waals surface area contributed by atoms with Gasteiger partial charge in [0.2, 0.25) is 10.0 Å². The first-order chi connectivity index (χ1) is 9.31. The number of halogens is 1. The van der Waals surface area contributed by atoms with Crippen LogP contribution in [0.1, 0.15) is 32.3 Å². The van der Waals surface area contributed by atoms with Crippen molar-refractivity contribution in [2.24, 2.45) is 5.41 Å². The van der Waals surface area contributed by atoms with Gasteiger partial charge in [-0.25, -0.2) is 13.1 Å². The van der Waals surface area contributed by atoms with Crippen molar-refractivity contribution in [1.82, 2.24) is 10.0 Å². The second-order valence-corrected chi connectivity index (χ2v) is 8.03. The van der Waals surface area contributed by atoms with E-state index in [1.807, 2.05) is 13.0 Å². The van der Waals surface area contributed by atoms with E-state index in [-0.39, 0.29) is 23.9 Å². The largest absolute Gasteiger partial charge is 0.312 e. The number of aryl methyl sites for hydroxylation is 1. The van der Waals surface area contributed by atoms with Crippen molar-refractivity contribution in [2.75, 3.05) is 13.1 Å². The summed E-state index contributed by atoms with van der Waals surface area (Å²) >= 11 is 0. The number of piperidine rings is 1. The number of benzene rings is 1. The Morgan fingerprint density at radius 2 is 2.10 bits per heavy atom. The average molecular weight is 333 g/mol. The zero-order valence-electron chi connectivity index (χ0n) is 12.8. The zero-order valence-corrected chi connectivity index (χ0v) is 14.5. The molecule has 1 unspecified atom stereocenters. The topological polar surface area (TPSA) is 58.2 Å². The first-order valence-electron chi connectivity index (χ1n) is 7.11. The highest BCUT2D eigenvalue weighted by molar-refractivity contribution is 7.89. The van der Waals surface area contributed by atoms with Crippen LogP contribution in [-0.4, -0.2) is 27.5 Å². The maximum absolute atomic E-state index is 12.3. The summed E-state index contributed by atoms with van der Waals surface area (Å²) in [6, 6.07) is 7.17. The number of rotatable bonds is 4. The van der Waals surface area contributed by atoms with Crippen LogP contribution in [0.25, 0.3) is 0 Å². The van der Waals surface area contributed by atoms with Crippen molar-refractivity contribution in [1.29, 1.82) is 0 Å². The maximum atomic E-state index is 12.3. The number of sulfonamides is 1. The molecule has 1 atom stereocenters. The summed E-state index contributed by atoms with van der Waals surface area (Å²) in [6.07, 6.45) is 2.27. The first kappa shape index (κ1) is 18.4. The van der Waals surface area contributed by atoms with Crippen molar-refractivity contribution in [3.63, 3.8) is 0 Å². The van der Waals surface area contributed by atoms with Crippen LogP contribution in [0.4, 0.5) is 0 Å². The van der Waals surface area contributed by atoms with Crippen LogP contribution in [0.2, 0.25) is 0 Å². The van der Waals surface area contributed by atoms with Gasteiger partial charge in [-0.3, -0.25) is 0 Å². The summed E-state index contributed by atoms with van der Waals surface area (Å²) in [5.74, 6) is 0. The smallest absolute Gasteiger partial charge is 0.240 e. The Morgan fingerprint density at radius 3 is 2.71 bits per heavy atom. The molecule has 1 saturated heterocycles. The Kier molecular flexibility index (Phi) is 6.23. The lowest BCUT2D eigenvalue weighted by atomic mass is 9.78. The van der Waals surface area contributed by atoms with Crippen LogP contribution in [0.15, 0.2) is 29.2 Å². The first-order valence-corrected chi connectivity index (χ1v) is 8.59. The van der Waals surface area contributed by atoms with E-state index in [2.05, 4.69) is 23.9 Å². The lowest BCUT2D eigenvalue weighted by molar-refractivity contribution is 0.181. The normalized spacial score (nSPS) is 21.6. The van der Waals surface area contributed by atoms with Crippen LogP contribution < -0.4 is 10.0 Å². The van der Waals surface area contributed by atoms with Crippen LogP contribution in [0.3, 0.4) is 0 Å². The highest BCUT2D eigenvalue weighted by Gasteiger charge is 2.32. The summed E-state index contributed by atoms with van der Waals surface area (Å²) in [5, 5.41) is 3.42. The van der Waals surface area contributed by atoms with Crippen molar-refractivity contribution >= 4 is 22.4 Å². The molecule has 1 aliphatic heterocycles. The Balaban J connectivity index is 0.00000220. The van der Waals surface area contributed by atoms with Gasteiger partial charge in [0.05, 0.1) is 4.90 Å². The Hall–Kier alpha value is -0.620. The maximum Gasteiger partial charge on any atom is 0.240 e. The molecule has 0 aliphatic carbocycles. The van der Waals surface area contributed by atoms with E-state index in [9.17, 15) is 8.42 Å². The molecule has 4 nitrogen and oxygen atoms in total. The fourth-order valence-electron chi connectivity index (χ4n) is 2.68. The molecular formula is C15H25ClN2O2S. The molecule has 1 aromatic rings. The predicted molar refractivity (Wildman–Crippen MR) is 88.4 cm³/mol. The van der Waals surface area contributed by atoms with Gasteiger partial charge < -0.3 is 5.32 Å². The van der Waals surface area contributed by atoms with E-state index < -0.39 is 10.0 Å². The SMILES string of the molecule is Cc1cccc(S(=O)(=O)NCC2NCCCC2(C)C)c1.Cl. The summed E-state index contributed by atoms with van der Waals surface area (Å²) < 4.78 is 27.3. The van der Waals surface area contributed by atoms with E-state index in [0.717, 1.165) is 24.9 Å². The molecule has 1 heterocycles. The van der Waals surface area contributed by atoms with Crippen LogP contribution >= 0.6 is 12.4 Å². The highest BCUT2D eigenvalue weighted by atomic mass is 35.5. The lowest BCUT2D eigenvalue weighted by Crippen LogP contribution is -2.52.